The van der Waals surface area contributed by atoms with Gasteiger partial charge in [0.1, 0.15) is 24.5 Å². The van der Waals surface area contributed by atoms with E-state index >= 15 is 0 Å². The van der Waals surface area contributed by atoms with Crippen LogP contribution in [0.1, 0.15) is 18.9 Å². The number of nitrogens with one attached hydrogen (secondary N) is 1. The van der Waals surface area contributed by atoms with Crippen molar-refractivity contribution in [2.24, 2.45) is 5.73 Å². The minimum atomic E-state index is -2.48. The summed E-state index contributed by atoms with van der Waals surface area (Å²) in [6.45, 7) is -1.31. The molecular weight excluding hydrogens is 350 g/mol. The first-order valence-electron chi connectivity index (χ1n) is 8.90. The molecule has 0 aliphatic heterocycles. The normalized spacial score (nSPS) is 13.9. The van der Waals surface area contributed by atoms with Gasteiger partial charge in [0.05, 0.1) is 0 Å². The van der Waals surface area contributed by atoms with Crippen LogP contribution in [0.3, 0.4) is 0 Å². The van der Waals surface area contributed by atoms with Crippen molar-refractivity contribution in [1.29, 1.82) is 0 Å². The maximum Gasteiger partial charge on any atom is 0.240 e. The highest BCUT2D eigenvalue weighted by atomic mass is 19.1. The number of aliphatic hydroxyl groups is 1. The number of aryl methyl sites for hydroxylation is 1. The molecule has 27 heavy (non-hydrogen) atoms. The van der Waals surface area contributed by atoms with Crippen molar-refractivity contribution in [1.82, 2.24) is 5.32 Å². The number of carbonyl (C=O) groups is 1. The number of primary amides is 1. The average molecular weight is 376 g/mol. The first-order chi connectivity index (χ1) is 12.9. The largest absolute Gasteiger partial charge is 0.382 e. The minimum absolute atomic E-state index is 0.280. The SMILES string of the molecule is CC(NCCCc1ccc(-c2ccccc2)cc1)(C(N)=O)C(O)(CF)CF. The number of benzene rings is 2. The maximum absolute atomic E-state index is 13.1. The number of halogens is 2. The van der Waals surface area contributed by atoms with Gasteiger partial charge in [-0.1, -0.05) is 54.6 Å². The molecule has 2 aromatic rings. The highest BCUT2D eigenvalue weighted by Gasteiger charge is 2.51. The van der Waals surface area contributed by atoms with Crippen LogP contribution in [0.4, 0.5) is 8.78 Å². The standard InChI is InChI=1S/C21H26F2N2O2/c1-20(19(24)26,21(27,14-22)15-23)25-13-5-6-16-9-11-18(12-10-16)17-7-3-2-4-8-17/h2-4,7-12,25,27H,5-6,13-15H2,1H3,(H2,24,26). The molecule has 0 saturated carbocycles. The molecule has 0 radical (unpaired) electrons. The van der Waals surface area contributed by atoms with Crippen molar-refractivity contribution in [2.75, 3.05) is 19.9 Å². The molecule has 1 amide bonds. The molecule has 1 unspecified atom stereocenters. The molecular formula is C21H26F2N2O2. The highest BCUT2D eigenvalue weighted by molar-refractivity contribution is 5.86. The number of nitrogens with two attached hydrogens (primary N) is 1. The van der Waals surface area contributed by atoms with Crippen LogP contribution in [0.2, 0.25) is 0 Å². The fourth-order valence-electron chi connectivity index (χ4n) is 2.91. The summed E-state index contributed by atoms with van der Waals surface area (Å²) in [5.41, 5.74) is 4.28. The van der Waals surface area contributed by atoms with Crippen molar-refractivity contribution in [3.05, 3.63) is 60.2 Å². The molecule has 4 nitrogen and oxygen atoms in total. The van der Waals surface area contributed by atoms with E-state index in [-0.39, 0.29) is 6.54 Å². The number of amides is 1. The quantitative estimate of drug-likeness (QED) is 0.558. The van der Waals surface area contributed by atoms with Gasteiger partial charge in [-0.15, -0.1) is 0 Å². The Kier molecular flexibility index (Phi) is 7.05. The minimum Gasteiger partial charge on any atom is -0.382 e. The van der Waals surface area contributed by atoms with Gasteiger partial charge in [-0.05, 0) is 43.0 Å². The van der Waals surface area contributed by atoms with Crippen LogP contribution < -0.4 is 11.1 Å². The Morgan fingerprint density at radius 1 is 1.04 bits per heavy atom. The molecule has 2 rings (SSSR count). The second-order valence-electron chi connectivity index (χ2n) is 6.88. The topological polar surface area (TPSA) is 75.3 Å². The third-order valence-electron chi connectivity index (χ3n) is 5.05. The van der Waals surface area contributed by atoms with Crippen LogP contribution in [0, 0.1) is 0 Å². The lowest BCUT2D eigenvalue weighted by atomic mass is 9.81. The van der Waals surface area contributed by atoms with Gasteiger partial charge in [-0.3, -0.25) is 4.79 Å². The van der Waals surface area contributed by atoms with Gasteiger partial charge in [-0.2, -0.15) is 0 Å². The van der Waals surface area contributed by atoms with Crippen molar-refractivity contribution in [2.45, 2.75) is 30.9 Å². The van der Waals surface area contributed by atoms with E-state index in [1.807, 2.05) is 54.6 Å². The van der Waals surface area contributed by atoms with E-state index in [0.717, 1.165) is 16.7 Å². The Morgan fingerprint density at radius 3 is 2.11 bits per heavy atom. The van der Waals surface area contributed by atoms with Crippen LogP contribution in [-0.4, -0.2) is 42.0 Å². The lowest BCUT2D eigenvalue weighted by Crippen LogP contribution is -2.70. The summed E-state index contributed by atoms with van der Waals surface area (Å²) >= 11 is 0. The number of hydrogen-bond acceptors (Lipinski definition) is 3. The van der Waals surface area contributed by atoms with E-state index in [1.54, 1.807) is 0 Å². The van der Waals surface area contributed by atoms with Crippen LogP contribution >= 0.6 is 0 Å². The van der Waals surface area contributed by atoms with E-state index in [0.29, 0.717) is 12.8 Å². The van der Waals surface area contributed by atoms with E-state index in [9.17, 15) is 18.7 Å². The van der Waals surface area contributed by atoms with Gasteiger partial charge in [0.15, 0.2) is 0 Å². The molecule has 0 heterocycles. The lowest BCUT2D eigenvalue weighted by Gasteiger charge is -2.39. The molecule has 0 saturated heterocycles. The zero-order valence-corrected chi connectivity index (χ0v) is 15.4. The average Bonchev–Trinajstić information content (AvgIpc) is 2.71. The van der Waals surface area contributed by atoms with E-state index < -0.39 is 30.4 Å². The van der Waals surface area contributed by atoms with E-state index in [1.165, 1.54) is 6.92 Å². The first kappa shape index (κ1) is 21.0. The summed E-state index contributed by atoms with van der Waals surface area (Å²) in [5.74, 6) is -0.993. The third kappa shape index (κ3) is 4.70. The predicted molar refractivity (Wildman–Crippen MR) is 103 cm³/mol. The molecule has 2 aromatic carbocycles. The van der Waals surface area contributed by atoms with Crippen molar-refractivity contribution in [3.63, 3.8) is 0 Å². The van der Waals surface area contributed by atoms with Crippen LogP contribution in [-0.2, 0) is 11.2 Å². The molecule has 1 atom stereocenters. The predicted octanol–water partition coefficient (Wildman–Crippen LogP) is 2.79. The van der Waals surface area contributed by atoms with Gasteiger partial charge in [-0.25, -0.2) is 8.78 Å². The van der Waals surface area contributed by atoms with E-state index in [4.69, 9.17) is 5.73 Å². The zero-order valence-electron chi connectivity index (χ0n) is 15.4. The Bertz CT molecular complexity index is 734. The van der Waals surface area contributed by atoms with E-state index in [2.05, 4.69) is 5.32 Å². The van der Waals surface area contributed by atoms with Gasteiger partial charge < -0.3 is 16.2 Å². The first-order valence-corrected chi connectivity index (χ1v) is 8.90. The van der Waals surface area contributed by atoms with Crippen LogP contribution in [0.5, 0.6) is 0 Å². The molecule has 0 aromatic heterocycles. The Labute approximate surface area is 158 Å². The van der Waals surface area contributed by atoms with Gasteiger partial charge in [0.2, 0.25) is 5.91 Å². The summed E-state index contributed by atoms with van der Waals surface area (Å²) in [7, 11) is 0. The fraction of sp³-hybridized carbons (Fsp3) is 0.381. The number of hydrogen-bond donors (Lipinski definition) is 3. The molecule has 146 valence electrons. The summed E-state index contributed by atoms with van der Waals surface area (Å²) in [6, 6.07) is 18.2. The van der Waals surface area contributed by atoms with Gasteiger partial charge in [0.25, 0.3) is 0 Å². The zero-order chi connectivity index (χ0) is 19.9. The molecule has 0 aliphatic carbocycles. The molecule has 6 heteroatoms. The number of rotatable bonds is 10. The van der Waals surface area contributed by atoms with Crippen molar-refractivity contribution >= 4 is 5.91 Å². The molecule has 0 bridgehead atoms. The summed E-state index contributed by atoms with van der Waals surface area (Å²) in [6.07, 6.45) is 1.32. The molecule has 0 aliphatic rings. The second-order valence-corrected chi connectivity index (χ2v) is 6.88. The lowest BCUT2D eigenvalue weighted by molar-refractivity contribution is -0.141. The summed E-state index contributed by atoms with van der Waals surface area (Å²) in [4.78, 5) is 11.7. The summed E-state index contributed by atoms with van der Waals surface area (Å²) < 4.78 is 26.2. The maximum atomic E-state index is 13.1. The van der Waals surface area contributed by atoms with Crippen LogP contribution in [0.25, 0.3) is 11.1 Å². The van der Waals surface area contributed by atoms with Crippen LogP contribution in [0.15, 0.2) is 54.6 Å². The molecule has 0 fully saturated rings. The smallest absolute Gasteiger partial charge is 0.240 e. The number of alkyl halides is 2. The highest BCUT2D eigenvalue weighted by Crippen LogP contribution is 2.24. The fourth-order valence-corrected chi connectivity index (χ4v) is 2.91. The monoisotopic (exact) mass is 376 g/mol. The Balaban J connectivity index is 1.93. The molecule has 0 spiro atoms. The second kappa shape index (κ2) is 9.06. The van der Waals surface area contributed by atoms with Crippen molar-refractivity contribution in [3.8, 4) is 11.1 Å². The van der Waals surface area contributed by atoms with Crippen molar-refractivity contribution < 1.29 is 18.7 Å². The summed E-state index contributed by atoms with van der Waals surface area (Å²) in [5, 5.41) is 12.8. The third-order valence-corrected chi connectivity index (χ3v) is 5.05. The Morgan fingerprint density at radius 2 is 1.59 bits per heavy atom. The van der Waals surface area contributed by atoms with Gasteiger partial charge in [0, 0.05) is 0 Å². The number of carbonyl (C=O) groups excluding carboxylic acids is 1. The van der Waals surface area contributed by atoms with Gasteiger partial charge >= 0.3 is 0 Å². The Hall–Kier alpha value is -2.31. The molecule has 4 N–H and O–H groups in total.